The number of hydrogen-bond donors (Lipinski definition) is 1. The van der Waals surface area contributed by atoms with Crippen LogP contribution in [0, 0.1) is 5.82 Å². The number of hydrogen-bond acceptors (Lipinski definition) is 3. The van der Waals surface area contributed by atoms with Crippen molar-refractivity contribution < 1.29 is 9.13 Å². The van der Waals surface area contributed by atoms with Crippen LogP contribution in [0.2, 0.25) is 0 Å². The van der Waals surface area contributed by atoms with Gasteiger partial charge in [0.15, 0.2) is 11.6 Å². The second-order valence-electron chi connectivity index (χ2n) is 4.05. The van der Waals surface area contributed by atoms with Crippen molar-refractivity contribution in [2.45, 2.75) is 20.3 Å². The maximum Gasteiger partial charge on any atom is 0.167 e. The first-order valence-electron chi connectivity index (χ1n) is 6.10. The van der Waals surface area contributed by atoms with Crippen LogP contribution >= 0.6 is 0 Å². The Balaban J connectivity index is 2.70. The molecule has 0 unspecified atom stereocenters. The number of halogens is 1. The number of rotatable bonds is 4. The van der Waals surface area contributed by atoms with E-state index in [1.807, 2.05) is 19.9 Å². The van der Waals surface area contributed by atoms with Crippen molar-refractivity contribution in [3.63, 3.8) is 0 Å². The van der Waals surface area contributed by atoms with Gasteiger partial charge in [0.05, 0.1) is 12.6 Å². The lowest BCUT2D eigenvalue weighted by molar-refractivity contribution is 0.387. The van der Waals surface area contributed by atoms with Crippen LogP contribution in [0.4, 0.5) is 10.1 Å². The summed E-state index contributed by atoms with van der Waals surface area (Å²) in [6.07, 6.45) is 0.821. The molecular formula is C14H17FN2O. The molecule has 18 heavy (non-hydrogen) atoms. The summed E-state index contributed by atoms with van der Waals surface area (Å²) >= 11 is 0. The molecule has 0 fully saturated rings. The smallest absolute Gasteiger partial charge is 0.167 e. The van der Waals surface area contributed by atoms with E-state index in [1.54, 1.807) is 6.07 Å². The summed E-state index contributed by atoms with van der Waals surface area (Å²) in [6, 6.07) is 5.12. The van der Waals surface area contributed by atoms with Gasteiger partial charge in [-0.15, -0.1) is 0 Å². The van der Waals surface area contributed by atoms with Gasteiger partial charge in [0.1, 0.15) is 0 Å². The predicted octanol–water partition coefficient (Wildman–Crippen LogP) is 3.38. The van der Waals surface area contributed by atoms with Crippen LogP contribution in [0.15, 0.2) is 18.2 Å². The maximum absolute atomic E-state index is 13.7. The fraction of sp³-hybridized carbons (Fsp3) is 0.357. The molecule has 96 valence electrons. The lowest BCUT2D eigenvalue weighted by Gasteiger charge is -2.11. The van der Waals surface area contributed by atoms with Crippen LogP contribution in [0.1, 0.15) is 19.5 Å². The molecule has 0 atom stereocenters. The predicted molar refractivity (Wildman–Crippen MR) is 71.8 cm³/mol. The van der Waals surface area contributed by atoms with Crippen molar-refractivity contribution in [2.24, 2.45) is 0 Å². The Morgan fingerprint density at radius 1 is 1.28 bits per heavy atom. The Labute approximate surface area is 106 Å². The number of nitrogens with zero attached hydrogens (tertiary/aromatic N) is 1. The molecule has 1 aromatic carbocycles. The summed E-state index contributed by atoms with van der Waals surface area (Å²) in [5.74, 6) is -0.138. The molecule has 2 aromatic rings. The van der Waals surface area contributed by atoms with Gasteiger partial charge in [0.2, 0.25) is 0 Å². The van der Waals surface area contributed by atoms with Gasteiger partial charge in [-0.1, -0.05) is 6.92 Å². The van der Waals surface area contributed by atoms with Crippen molar-refractivity contribution in [3.8, 4) is 5.75 Å². The van der Waals surface area contributed by atoms with Crippen LogP contribution in [-0.4, -0.2) is 18.6 Å². The number of anilines is 1. The number of ether oxygens (including phenoxy) is 1. The number of aromatic nitrogens is 1. The van der Waals surface area contributed by atoms with E-state index in [9.17, 15) is 4.39 Å². The van der Waals surface area contributed by atoms with Gasteiger partial charge in [-0.05, 0) is 25.5 Å². The van der Waals surface area contributed by atoms with Crippen LogP contribution in [-0.2, 0) is 6.42 Å². The zero-order valence-electron chi connectivity index (χ0n) is 10.9. The molecule has 0 saturated heterocycles. The number of nitrogens with one attached hydrogen (secondary N) is 1. The molecule has 1 aromatic heterocycles. The highest BCUT2D eigenvalue weighted by atomic mass is 19.1. The molecule has 2 rings (SSSR count). The van der Waals surface area contributed by atoms with E-state index < -0.39 is 0 Å². The second-order valence-corrected chi connectivity index (χ2v) is 4.05. The molecular weight excluding hydrogens is 231 g/mol. The minimum Gasteiger partial charge on any atom is -0.494 e. The zero-order valence-corrected chi connectivity index (χ0v) is 10.9. The Kier molecular flexibility index (Phi) is 3.65. The molecule has 0 amide bonds. The van der Waals surface area contributed by atoms with Gasteiger partial charge >= 0.3 is 0 Å². The minimum atomic E-state index is -0.381. The topological polar surface area (TPSA) is 34.2 Å². The average molecular weight is 248 g/mol. The Morgan fingerprint density at radius 3 is 2.67 bits per heavy atom. The Morgan fingerprint density at radius 2 is 2.06 bits per heavy atom. The summed E-state index contributed by atoms with van der Waals surface area (Å²) in [7, 11) is 1.46. The highest BCUT2D eigenvalue weighted by Gasteiger charge is 2.10. The standard InChI is InChI=1S/C14H17FN2O/c1-4-9-6-12(16-5-2)10-7-14(18-3)11(15)8-13(10)17-9/h6-8H,4-5H2,1-3H3,(H,16,17). The van der Waals surface area contributed by atoms with E-state index in [0.29, 0.717) is 5.52 Å². The van der Waals surface area contributed by atoms with Gasteiger partial charge in [0.25, 0.3) is 0 Å². The highest BCUT2D eigenvalue weighted by Crippen LogP contribution is 2.29. The van der Waals surface area contributed by atoms with Crippen LogP contribution in [0.3, 0.4) is 0 Å². The van der Waals surface area contributed by atoms with Crippen molar-refractivity contribution >= 4 is 16.6 Å². The van der Waals surface area contributed by atoms with Gasteiger partial charge < -0.3 is 10.1 Å². The van der Waals surface area contributed by atoms with Gasteiger partial charge in [0, 0.05) is 29.4 Å². The van der Waals surface area contributed by atoms with Crippen molar-refractivity contribution in [2.75, 3.05) is 19.0 Å². The van der Waals surface area contributed by atoms with Crippen molar-refractivity contribution in [1.29, 1.82) is 0 Å². The van der Waals surface area contributed by atoms with E-state index >= 15 is 0 Å². The first-order chi connectivity index (χ1) is 8.69. The molecule has 0 aliphatic rings. The van der Waals surface area contributed by atoms with E-state index in [-0.39, 0.29) is 11.6 Å². The van der Waals surface area contributed by atoms with Crippen LogP contribution < -0.4 is 10.1 Å². The molecule has 0 bridgehead atoms. The molecule has 1 heterocycles. The monoisotopic (exact) mass is 248 g/mol. The van der Waals surface area contributed by atoms with Gasteiger partial charge in [-0.2, -0.15) is 0 Å². The van der Waals surface area contributed by atoms with Gasteiger partial charge in [-0.25, -0.2) is 4.39 Å². The molecule has 0 aliphatic carbocycles. The fourth-order valence-corrected chi connectivity index (χ4v) is 1.96. The number of benzene rings is 1. The number of aryl methyl sites for hydroxylation is 1. The fourth-order valence-electron chi connectivity index (χ4n) is 1.96. The molecule has 0 aliphatic heterocycles. The molecule has 4 heteroatoms. The third kappa shape index (κ3) is 2.23. The zero-order chi connectivity index (χ0) is 13.1. The molecule has 0 spiro atoms. The summed E-state index contributed by atoms with van der Waals surface area (Å²) < 4.78 is 18.7. The minimum absolute atomic E-state index is 0.243. The summed E-state index contributed by atoms with van der Waals surface area (Å²) in [5.41, 5.74) is 2.57. The van der Waals surface area contributed by atoms with Gasteiger partial charge in [-0.3, -0.25) is 4.98 Å². The maximum atomic E-state index is 13.7. The molecule has 0 saturated carbocycles. The lowest BCUT2D eigenvalue weighted by atomic mass is 10.1. The molecule has 0 radical (unpaired) electrons. The first-order valence-corrected chi connectivity index (χ1v) is 6.10. The van der Waals surface area contributed by atoms with E-state index in [0.717, 1.165) is 29.7 Å². The third-order valence-electron chi connectivity index (χ3n) is 2.86. The molecule has 1 N–H and O–H groups in total. The first kappa shape index (κ1) is 12.6. The van der Waals surface area contributed by atoms with E-state index in [2.05, 4.69) is 10.3 Å². The van der Waals surface area contributed by atoms with Crippen LogP contribution in [0.25, 0.3) is 10.9 Å². The van der Waals surface area contributed by atoms with E-state index in [1.165, 1.54) is 13.2 Å². The second kappa shape index (κ2) is 5.21. The summed E-state index contributed by atoms with van der Waals surface area (Å²) in [6.45, 7) is 4.87. The SMILES string of the molecule is CCNc1cc(CC)nc2cc(F)c(OC)cc12. The molecule has 3 nitrogen and oxygen atoms in total. The average Bonchev–Trinajstić information content (AvgIpc) is 2.38. The Bertz CT molecular complexity index is 569. The Hall–Kier alpha value is -1.84. The van der Waals surface area contributed by atoms with E-state index in [4.69, 9.17) is 4.74 Å². The summed E-state index contributed by atoms with van der Waals surface area (Å²) in [5, 5.41) is 4.16. The number of pyridine rings is 1. The quantitative estimate of drug-likeness (QED) is 0.900. The number of fused-ring (bicyclic) bond motifs is 1. The number of methoxy groups -OCH3 is 1. The van der Waals surface area contributed by atoms with Crippen LogP contribution in [0.5, 0.6) is 5.75 Å². The van der Waals surface area contributed by atoms with Crippen molar-refractivity contribution in [3.05, 3.63) is 29.7 Å². The third-order valence-corrected chi connectivity index (χ3v) is 2.86. The summed E-state index contributed by atoms with van der Waals surface area (Å²) in [4.78, 5) is 4.44. The highest BCUT2D eigenvalue weighted by molar-refractivity contribution is 5.92. The lowest BCUT2D eigenvalue weighted by Crippen LogP contribution is -2.01. The van der Waals surface area contributed by atoms with Crippen molar-refractivity contribution in [1.82, 2.24) is 4.98 Å². The normalized spacial score (nSPS) is 10.7. The largest absolute Gasteiger partial charge is 0.494 e.